The lowest BCUT2D eigenvalue weighted by molar-refractivity contribution is -0.138. The molecule has 0 saturated carbocycles. The van der Waals surface area contributed by atoms with Crippen LogP contribution in [-0.4, -0.2) is 55.3 Å². The summed E-state index contributed by atoms with van der Waals surface area (Å²) in [7, 11) is 3.25. The topological polar surface area (TPSA) is 89.2 Å². The van der Waals surface area contributed by atoms with Crippen LogP contribution in [0.1, 0.15) is 50.5 Å². The maximum atomic E-state index is 12.8. The largest absolute Gasteiger partial charge is 0.459 e. The maximum absolute atomic E-state index is 12.8. The molecular weight excluding hydrogens is 410 g/mol. The Balaban J connectivity index is 1.54. The molecule has 2 saturated heterocycles. The number of hydrogen-bond acceptors (Lipinski definition) is 6. The standard InChI is InChI=1S/C25H33NO6/c1-4-5-15(10-17-7-8-18(12-27)32-17)6-9-21-22-16(13-30-3)11-19-23(20(22)14-31-21)25(29)26(2)24(19)28/h7-8,10,19-21,23,27H,4-6,9,11-14H2,1-3H3/b15-10+/t19-,20+,21-,23-/m1/s1. The van der Waals surface area contributed by atoms with E-state index in [0.717, 1.165) is 37.0 Å². The molecule has 0 bridgehead atoms. The normalized spacial score (nSPS) is 28.0. The molecule has 4 atom stereocenters. The number of fused-ring (bicyclic) bond motifs is 3. The molecule has 1 aromatic rings. The molecule has 2 amide bonds. The first kappa shape index (κ1) is 23.0. The number of nitrogens with zero attached hydrogens (tertiary/aromatic N) is 1. The number of hydrogen-bond donors (Lipinski definition) is 1. The number of allylic oxidation sites excluding steroid dienone is 1. The van der Waals surface area contributed by atoms with Crippen molar-refractivity contribution >= 4 is 17.9 Å². The summed E-state index contributed by atoms with van der Waals surface area (Å²) < 4.78 is 17.3. The molecule has 3 heterocycles. The number of aliphatic hydroxyl groups is 1. The average molecular weight is 444 g/mol. The molecule has 3 aliphatic rings. The molecular formula is C25H33NO6. The van der Waals surface area contributed by atoms with Gasteiger partial charge in [-0.2, -0.15) is 0 Å². The van der Waals surface area contributed by atoms with E-state index in [1.54, 1.807) is 20.2 Å². The van der Waals surface area contributed by atoms with Gasteiger partial charge in [0.1, 0.15) is 18.1 Å². The van der Waals surface area contributed by atoms with Crippen LogP contribution in [0, 0.1) is 17.8 Å². The molecule has 174 valence electrons. The first-order valence-corrected chi connectivity index (χ1v) is 11.5. The van der Waals surface area contributed by atoms with Gasteiger partial charge in [-0.15, -0.1) is 0 Å². The van der Waals surface area contributed by atoms with Crippen LogP contribution in [0.25, 0.3) is 6.08 Å². The number of methoxy groups -OCH3 is 1. The highest BCUT2D eigenvalue weighted by molar-refractivity contribution is 6.05. The number of ether oxygens (including phenoxy) is 2. The molecule has 7 heteroatoms. The van der Waals surface area contributed by atoms with Gasteiger partial charge in [0, 0.05) is 20.1 Å². The number of likely N-dealkylation sites (tertiary alicyclic amines) is 1. The highest BCUT2D eigenvalue weighted by Gasteiger charge is 2.55. The van der Waals surface area contributed by atoms with Crippen LogP contribution in [0.5, 0.6) is 0 Å². The van der Waals surface area contributed by atoms with E-state index < -0.39 is 0 Å². The summed E-state index contributed by atoms with van der Waals surface area (Å²) in [5, 5.41) is 9.24. The monoisotopic (exact) mass is 443 g/mol. The van der Waals surface area contributed by atoms with Crippen LogP contribution >= 0.6 is 0 Å². The molecule has 32 heavy (non-hydrogen) atoms. The fraction of sp³-hybridized carbons (Fsp3) is 0.600. The van der Waals surface area contributed by atoms with Gasteiger partial charge < -0.3 is 19.0 Å². The van der Waals surface area contributed by atoms with E-state index in [2.05, 4.69) is 13.0 Å². The quantitative estimate of drug-likeness (QED) is 0.465. The molecule has 2 fully saturated rings. The fourth-order valence-corrected chi connectivity index (χ4v) is 5.60. The van der Waals surface area contributed by atoms with E-state index in [0.29, 0.717) is 25.4 Å². The minimum Gasteiger partial charge on any atom is -0.459 e. The summed E-state index contributed by atoms with van der Waals surface area (Å²) >= 11 is 0. The Morgan fingerprint density at radius 3 is 2.75 bits per heavy atom. The molecule has 0 unspecified atom stereocenters. The number of furan rings is 1. The molecule has 7 nitrogen and oxygen atoms in total. The molecule has 0 aromatic carbocycles. The predicted molar refractivity (Wildman–Crippen MR) is 118 cm³/mol. The van der Waals surface area contributed by atoms with Gasteiger partial charge in [-0.3, -0.25) is 14.5 Å². The van der Waals surface area contributed by atoms with E-state index in [1.807, 2.05) is 6.07 Å². The zero-order valence-electron chi connectivity index (χ0n) is 19.1. The number of amides is 2. The third kappa shape index (κ3) is 4.21. The summed E-state index contributed by atoms with van der Waals surface area (Å²) in [6, 6.07) is 3.67. The van der Waals surface area contributed by atoms with Gasteiger partial charge in [-0.1, -0.05) is 18.9 Å². The average Bonchev–Trinajstić information content (AvgIpc) is 3.47. The first-order chi connectivity index (χ1) is 15.5. The van der Waals surface area contributed by atoms with Crippen LogP contribution in [0.2, 0.25) is 0 Å². The second-order valence-corrected chi connectivity index (χ2v) is 9.05. The summed E-state index contributed by atoms with van der Waals surface area (Å²) in [5.74, 6) is 0.516. The van der Waals surface area contributed by atoms with E-state index in [1.165, 1.54) is 16.0 Å². The molecule has 0 spiro atoms. The van der Waals surface area contributed by atoms with Crippen molar-refractivity contribution in [3.8, 4) is 0 Å². The molecule has 1 aliphatic carbocycles. The van der Waals surface area contributed by atoms with E-state index >= 15 is 0 Å². The van der Waals surface area contributed by atoms with Gasteiger partial charge in [0.05, 0.1) is 31.2 Å². The second kappa shape index (κ2) is 9.73. The lowest BCUT2D eigenvalue weighted by atomic mass is 9.69. The van der Waals surface area contributed by atoms with Gasteiger partial charge in [0.25, 0.3) is 0 Å². The van der Waals surface area contributed by atoms with Gasteiger partial charge in [-0.05, 0) is 55.0 Å². The van der Waals surface area contributed by atoms with Gasteiger partial charge in [0.15, 0.2) is 0 Å². The number of imide groups is 1. The van der Waals surface area contributed by atoms with E-state index in [9.17, 15) is 14.7 Å². The maximum Gasteiger partial charge on any atom is 0.233 e. The highest BCUT2D eigenvalue weighted by atomic mass is 16.5. The predicted octanol–water partition coefficient (Wildman–Crippen LogP) is 3.33. The van der Waals surface area contributed by atoms with Gasteiger partial charge >= 0.3 is 0 Å². The fourth-order valence-electron chi connectivity index (χ4n) is 5.60. The van der Waals surface area contributed by atoms with E-state index in [4.69, 9.17) is 13.9 Å². The Morgan fingerprint density at radius 1 is 1.25 bits per heavy atom. The molecule has 0 radical (unpaired) electrons. The third-order valence-corrected chi connectivity index (χ3v) is 7.03. The Bertz CT molecular complexity index is 929. The Morgan fingerprint density at radius 2 is 2.06 bits per heavy atom. The number of rotatable bonds is 9. The summed E-state index contributed by atoms with van der Waals surface area (Å²) in [4.78, 5) is 26.7. The highest BCUT2D eigenvalue weighted by Crippen LogP contribution is 2.49. The van der Waals surface area contributed by atoms with Crippen molar-refractivity contribution in [1.29, 1.82) is 0 Å². The Kier molecular flexibility index (Phi) is 6.98. The molecule has 1 N–H and O–H groups in total. The van der Waals surface area contributed by atoms with Crippen molar-refractivity contribution < 1.29 is 28.6 Å². The smallest absolute Gasteiger partial charge is 0.233 e. The lowest BCUT2D eigenvalue weighted by Gasteiger charge is -2.31. The van der Waals surface area contributed by atoms with Crippen LogP contribution in [0.4, 0.5) is 0 Å². The summed E-state index contributed by atoms with van der Waals surface area (Å²) in [6.07, 6.45) is 6.22. The minimum atomic E-state index is -0.307. The molecule has 4 rings (SSSR count). The second-order valence-electron chi connectivity index (χ2n) is 9.05. The van der Waals surface area contributed by atoms with Crippen LogP contribution < -0.4 is 0 Å². The van der Waals surface area contributed by atoms with E-state index in [-0.39, 0.29) is 42.3 Å². The molecule has 1 aromatic heterocycles. The third-order valence-electron chi connectivity index (χ3n) is 7.03. The minimum absolute atomic E-state index is 0.0407. The van der Waals surface area contributed by atoms with Crippen molar-refractivity contribution in [3.05, 3.63) is 40.4 Å². The van der Waals surface area contributed by atoms with Crippen molar-refractivity contribution in [2.24, 2.45) is 17.8 Å². The Labute approximate surface area is 189 Å². The Hall–Kier alpha value is -2.22. The lowest BCUT2D eigenvalue weighted by Crippen LogP contribution is -2.34. The summed E-state index contributed by atoms with van der Waals surface area (Å²) in [5.41, 5.74) is 3.58. The number of carbonyl (C=O) groups is 2. The first-order valence-electron chi connectivity index (χ1n) is 11.5. The molecule has 2 aliphatic heterocycles. The van der Waals surface area contributed by atoms with Crippen molar-refractivity contribution in [3.63, 3.8) is 0 Å². The van der Waals surface area contributed by atoms with Gasteiger partial charge in [0.2, 0.25) is 11.8 Å². The van der Waals surface area contributed by atoms with Crippen molar-refractivity contribution in [1.82, 2.24) is 4.90 Å². The number of aliphatic hydroxyl groups excluding tert-OH is 1. The van der Waals surface area contributed by atoms with Crippen LogP contribution in [0.15, 0.2) is 33.3 Å². The number of carbonyl (C=O) groups excluding carboxylic acids is 2. The van der Waals surface area contributed by atoms with Crippen LogP contribution in [-0.2, 0) is 25.7 Å². The van der Waals surface area contributed by atoms with Crippen LogP contribution in [0.3, 0.4) is 0 Å². The SMILES string of the molecule is CCC/C(=C\c1ccc(CO)o1)CC[C@H]1OC[C@H]2C1=C(COC)C[C@H]1C(=O)N(C)C(=O)[C@H]12. The summed E-state index contributed by atoms with van der Waals surface area (Å²) in [6.45, 7) is 2.99. The zero-order valence-corrected chi connectivity index (χ0v) is 19.1. The van der Waals surface area contributed by atoms with Crippen molar-refractivity contribution in [2.75, 3.05) is 27.4 Å². The van der Waals surface area contributed by atoms with Gasteiger partial charge in [-0.25, -0.2) is 0 Å². The van der Waals surface area contributed by atoms with Crippen molar-refractivity contribution in [2.45, 2.75) is 51.7 Å². The zero-order chi connectivity index (χ0) is 22.8.